The summed E-state index contributed by atoms with van der Waals surface area (Å²) in [4.78, 5) is 27.3. The van der Waals surface area contributed by atoms with Gasteiger partial charge in [-0.05, 0) is 60.5 Å². The van der Waals surface area contributed by atoms with Gasteiger partial charge in [-0.2, -0.15) is 0 Å². The molecular formula is C26H24FNO5. The molecule has 2 heterocycles. The van der Waals surface area contributed by atoms with Gasteiger partial charge in [0, 0.05) is 5.56 Å². The minimum absolute atomic E-state index is 0.0528. The van der Waals surface area contributed by atoms with E-state index in [9.17, 15) is 19.1 Å². The lowest BCUT2D eigenvalue weighted by atomic mass is 9.95. The number of nitrogens with zero attached hydrogens (tertiary/aromatic N) is 1. The fourth-order valence-electron chi connectivity index (χ4n) is 3.80. The number of carbonyl (C=O) groups is 2. The van der Waals surface area contributed by atoms with Gasteiger partial charge < -0.3 is 19.2 Å². The van der Waals surface area contributed by atoms with Crippen molar-refractivity contribution in [3.05, 3.63) is 95.2 Å². The zero-order valence-corrected chi connectivity index (χ0v) is 18.2. The molecule has 2 aromatic carbocycles. The van der Waals surface area contributed by atoms with Crippen molar-refractivity contribution in [1.82, 2.24) is 4.90 Å². The number of benzene rings is 2. The van der Waals surface area contributed by atoms with Crippen LogP contribution in [0, 0.1) is 5.82 Å². The van der Waals surface area contributed by atoms with Crippen LogP contribution in [-0.4, -0.2) is 28.3 Å². The molecule has 0 saturated carbocycles. The van der Waals surface area contributed by atoms with Gasteiger partial charge in [0.2, 0.25) is 0 Å². The number of hydrogen-bond donors (Lipinski definition) is 1. The first-order chi connectivity index (χ1) is 16.0. The number of ketones is 1. The molecule has 1 fully saturated rings. The number of rotatable bonds is 8. The lowest BCUT2D eigenvalue weighted by Crippen LogP contribution is -2.29. The molecule has 1 atom stereocenters. The van der Waals surface area contributed by atoms with Gasteiger partial charge in [-0.15, -0.1) is 0 Å². The number of unbranched alkanes of at least 4 members (excludes halogenated alkanes) is 1. The lowest BCUT2D eigenvalue weighted by molar-refractivity contribution is -0.140. The van der Waals surface area contributed by atoms with E-state index in [2.05, 4.69) is 6.92 Å². The molecule has 3 aromatic rings. The van der Waals surface area contributed by atoms with Gasteiger partial charge in [-0.1, -0.05) is 25.5 Å². The Hall–Kier alpha value is -3.87. The standard InChI is InChI=1S/C26H24FNO5/c1-2-3-14-32-20-12-8-17(9-13-20)23-22(24(29)18-6-10-19(27)11-7-18)25(30)26(31)28(23)16-21-5-4-15-33-21/h4-13,15,23,29H,2-3,14,16H2,1H3. The van der Waals surface area contributed by atoms with E-state index in [0.29, 0.717) is 23.7 Å². The number of carbonyl (C=O) groups excluding carboxylic acids is 2. The third-order valence-electron chi connectivity index (χ3n) is 5.53. The maximum Gasteiger partial charge on any atom is 0.296 e. The zero-order valence-electron chi connectivity index (χ0n) is 18.2. The lowest BCUT2D eigenvalue weighted by Gasteiger charge is -2.24. The number of amides is 1. The topological polar surface area (TPSA) is 80.0 Å². The Morgan fingerprint density at radius 3 is 2.45 bits per heavy atom. The Bertz CT molecular complexity index is 1150. The quantitative estimate of drug-likeness (QED) is 0.221. The number of Topliss-reactive ketones (excluding diaryl/α,β-unsaturated/α-hetero) is 1. The summed E-state index contributed by atoms with van der Waals surface area (Å²) >= 11 is 0. The Balaban J connectivity index is 1.75. The number of likely N-dealkylation sites (tertiary alicyclic amines) is 1. The van der Waals surface area contributed by atoms with Crippen molar-refractivity contribution in [2.24, 2.45) is 0 Å². The second-order valence-corrected chi connectivity index (χ2v) is 7.78. The molecule has 6 nitrogen and oxygen atoms in total. The molecule has 4 rings (SSSR count). The van der Waals surface area contributed by atoms with Gasteiger partial charge >= 0.3 is 0 Å². The number of hydrogen-bond acceptors (Lipinski definition) is 5. The van der Waals surface area contributed by atoms with Crippen molar-refractivity contribution < 1.29 is 28.2 Å². The van der Waals surface area contributed by atoms with Crippen LogP contribution in [0.3, 0.4) is 0 Å². The molecule has 1 N–H and O–H groups in total. The third-order valence-corrected chi connectivity index (χ3v) is 5.53. The molecule has 1 saturated heterocycles. The summed E-state index contributed by atoms with van der Waals surface area (Å²) in [5, 5.41) is 11.0. The van der Waals surface area contributed by atoms with Crippen LogP contribution in [0.2, 0.25) is 0 Å². The number of furan rings is 1. The van der Waals surface area contributed by atoms with Crippen molar-refractivity contribution in [3.8, 4) is 5.75 Å². The Labute approximate surface area is 190 Å². The van der Waals surface area contributed by atoms with E-state index in [1.807, 2.05) is 0 Å². The smallest absolute Gasteiger partial charge is 0.296 e. The second-order valence-electron chi connectivity index (χ2n) is 7.78. The van der Waals surface area contributed by atoms with Crippen LogP contribution in [0.15, 0.2) is 76.9 Å². The van der Waals surface area contributed by atoms with Crippen LogP contribution >= 0.6 is 0 Å². The second kappa shape index (κ2) is 9.73. The highest BCUT2D eigenvalue weighted by atomic mass is 19.1. The van der Waals surface area contributed by atoms with E-state index in [1.54, 1.807) is 36.4 Å². The minimum atomic E-state index is -0.843. The first kappa shape index (κ1) is 22.3. The molecule has 0 aliphatic carbocycles. The molecule has 1 unspecified atom stereocenters. The summed E-state index contributed by atoms with van der Waals surface area (Å²) in [6.45, 7) is 2.73. The summed E-state index contributed by atoms with van der Waals surface area (Å²) < 4.78 is 24.5. The first-order valence-corrected chi connectivity index (χ1v) is 10.8. The van der Waals surface area contributed by atoms with E-state index in [1.165, 1.54) is 35.4 Å². The van der Waals surface area contributed by atoms with Crippen molar-refractivity contribution >= 4 is 17.4 Å². The minimum Gasteiger partial charge on any atom is -0.507 e. The summed E-state index contributed by atoms with van der Waals surface area (Å²) in [6.07, 6.45) is 3.44. The monoisotopic (exact) mass is 449 g/mol. The average Bonchev–Trinajstić information content (AvgIpc) is 3.42. The van der Waals surface area contributed by atoms with Gasteiger partial charge in [0.1, 0.15) is 23.1 Å². The molecule has 0 bridgehead atoms. The van der Waals surface area contributed by atoms with E-state index < -0.39 is 23.5 Å². The Morgan fingerprint density at radius 1 is 1.09 bits per heavy atom. The van der Waals surface area contributed by atoms with Crippen LogP contribution in [0.5, 0.6) is 5.75 Å². The molecule has 1 aliphatic heterocycles. The largest absolute Gasteiger partial charge is 0.507 e. The van der Waals surface area contributed by atoms with E-state index >= 15 is 0 Å². The predicted molar refractivity (Wildman–Crippen MR) is 120 cm³/mol. The van der Waals surface area contributed by atoms with Crippen molar-refractivity contribution in [1.29, 1.82) is 0 Å². The normalized spacial score (nSPS) is 17.5. The Kier molecular flexibility index (Phi) is 6.58. The van der Waals surface area contributed by atoms with Gasteiger partial charge in [0.25, 0.3) is 11.7 Å². The van der Waals surface area contributed by atoms with Crippen LogP contribution in [-0.2, 0) is 16.1 Å². The zero-order chi connectivity index (χ0) is 23.4. The molecule has 1 amide bonds. The summed E-state index contributed by atoms with van der Waals surface area (Å²) in [7, 11) is 0. The SMILES string of the molecule is CCCCOc1ccc(C2C(=C(O)c3ccc(F)cc3)C(=O)C(=O)N2Cc2ccco2)cc1. The molecular weight excluding hydrogens is 425 g/mol. The number of ether oxygens (including phenoxy) is 1. The molecule has 1 aliphatic rings. The molecule has 33 heavy (non-hydrogen) atoms. The van der Waals surface area contributed by atoms with Gasteiger partial charge in [-0.3, -0.25) is 9.59 Å². The molecule has 7 heteroatoms. The summed E-state index contributed by atoms with van der Waals surface area (Å²) in [5.74, 6) is -1.21. The highest BCUT2D eigenvalue weighted by Crippen LogP contribution is 2.40. The molecule has 170 valence electrons. The van der Waals surface area contributed by atoms with E-state index in [-0.39, 0.29) is 23.4 Å². The van der Waals surface area contributed by atoms with Crippen LogP contribution in [0.1, 0.15) is 42.7 Å². The summed E-state index contributed by atoms with van der Waals surface area (Å²) in [6, 6.07) is 14.8. The maximum absolute atomic E-state index is 13.4. The van der Waals surface area contributed by atoms with Gasteiger partial charge in [0.05, 0.1) is 31.0 Å². The number of aliphatic hydroxyl groups excluding tert-OH is 1. The number of halogens is 1. The molecule has 0 radical (unpaired) electrons. The van der Waals surface area contributed by atoms with E-state index in [0.717, 1.165) is 12.8 Å². The average molecular weight is 449 g/mol. The predicted octanol–water partition coefficient (Wildman–Crippen LogP) is 5.22. The van der Waals surface area contributed by atoms with Crippen LogP contribution in [0.25, 0.3) is 5.76 Å². The third kappa shape index (κ3) is 4.67. The van der Waals surface area contributed by atoms with Gasteiger partial charge in [-0.25, -0.2) is 4.39 Å². The fourth-order valence-corrected chi connectivity index (χ4v) is 3.80. The maximum atomic E-state index is 13.4. The summed E-state index contributed by atoms with van der Waals surface area (Å²) in [5.41, 5.74) is 0.821. The first-order valence-electron chi connectivity index (χ1n) is 10.8. The molecule has 1 aromatic heterocycles. The van der Waals surface area contributed by atoms with Crippen molar-refractivity contribution in [2.45, 2.75) is 32.4 Å². The van der Waals surface area contributed by atoms with Crippen LogP contribution < -0.4 is 4.74 Å². The number of aliphatic hydroxyl groups is 1. The van der Waals surface area contributed by atoms with Crippen molar-refractivity contribution in [3.63, 3.8) is 0 Å². The highest BCUT2D eigenvalue weighted by molar-refractivity contribution is 6.46. The van der Waals surface area contributed by atoms with Gasteiger partial charge in [0.15, 0.2) is 0 Å². The highest BCUT2D eigenvalue weighted by Gasteiger charge is 2.46. The van der Waals surface area contributed by atoms with Crippen molar-refractivity contribution in [2.75, 3.05) is 6.61 Å². The Morgan fingerprint density at radius 2 is 1.82 bits per heavy atom. The fraction of sp³-hybridized carbons (Fsp3) is 0.231. The molecule has 0 spiro atoms. The van der Waals surface area contributed by atoms with Crippen LogP contribution in [0.4, 0.5) is 4.39 Å². The van der Waals surface area contributed by atoms with E-state index in [4.69, 9.17) is 9.15 Å².